The fourth-order valence-corrected chi connectivity index (χ4v) is 6.30. The van der Waals surface area contributed by atoms with Gasteiger partial charge in [0, 0.05) is 56.3 Å². The van der Waals surface area contributed by atoms with Crippen LogP contribution in [0, 0.1) is 23.2 Å². The van der Waals surface area contributed by atoms with Crippen LogP contribution >= 0.6 is 0 Å². The van der Waals surface area contributed by atoms with Gasteiger partial charge in [0.25, 0.3) is 5.91 Å². The lowest BCUT2D eigenvalue weighted by Crippen LogP contribution is -2.58. The van der Waals surface area contributed by atoms with Gasteiger partial charge in [0.2, 0.25) is 5.78 Å². The second-order valence-corrected chi connectivity index (χ2v) is 11.0. The van der Waals surface area contributed by atoms with Crippen molar-refractivity contribution < 1.29 is 34.8 Å². The molecular formula is C30H30N4O7. The second-order valence-electron chi connectivity index (χ2n) is 11.0. The van der Waals surface area contributed by atoms with Crippen LogP contribution in [0.3, 0.4) is 0 Å². The highest BCUT2D eigenvalue weighted by Crippen LogP contribution is 2.53. The van der Waals surface area contributed by atoms with Crippen molar-refractivity contribution in [3.8, 4) is 11.8 Å². The number of hydrogen-bond acceptors (Lipinski definition) is 10. The number of fused-ring (bicyclic) bond motifs is 3. The number of aliphatic hydroxyl groups is 3. The molecule has 0 heterocycles. The van der Waals surface area contributed by atoms with Crippen LogP contribution in [0.25, 0.3) is 5.76 Å². The molecule has 212 valence electrons. The van der Waals surface area contributed by atoms with Gasteiger partial charge in [-0.05, 0) is 48.1 Å². The second kappa shape index (κ2) is 10.1. The molecule has 3 aliphatic carbocycles. The summed E-state index contributed by atoms with van der Waals surface area (Å²) in [6, 6.07) is 10.9. The van der Waals surface area contributed by atoms with Crippen molar-refractivity contribution in [1.82, 2.24) is 5.32 Å². The third kappa shape index (κ3) is 4.32. The van der Waals surface area contributed by atoms with E-state index in [2.05, 4.69) is 11.4 Å². The molecule has 0 saturated heterocycles. The summed E-state index contributed by atoms with van der Waals surface area (Å²) < 4.78 is 0. The number of nitrogens with one attached hydrogen (secondary N) is 1. The van der Waals surface area contributed by atoms with E-state index in [1.54, 1.807) is 18.2 Å². The predicted molar refractivity (Wildman–Crippen MR) is 147 cm³/mol. The molecule has 1 amide bonds. The molecule has 2 aromatic rings. The van der Waals surface area contributed by atoms with E-state index < -0.39 is 52.0 Å². The number of Topliss-reactive ketones (excluding diaryl/α,β-unsaturated/α-hetero) is 2. The van der Waals surface area contributed by atoms with Gasteiger partial charge in [-0.1, -0.05) is 12.1 Å². The highest BCUT2D eigenvalue weighted by molar-refractivity contribution is 6.22. The van der Waals surface area contributed by atoms with Crippen molar-refractivity contribution in [1.29, 1.82) is 5.26 Å². The molecule has 2 aromatic carbocycles. The number of hydrogen-bond donors (Lipinski definition) is 6. The van der Waals surface area contributed by atoms with Gasteiger partial charge >= 0.3 is 0 Å². The molecular weight excluding hydrogens is 528 g/mol. The molecule has 11 nitrogen and oxygen atoms in total. The molecule has 7 N–H and O–H groups in total. The normalized spacial score (nSPS) is 23.5. The van der Waals surface area contributed by atoms with Crippen LogP contribution in [-0.2, 0) is 33.9 Å². The predicted octanol–water partition coefficient (Wildman–Crippen LogP) is 1.65. The lowest BCUT2D eigenvalue weighted by Gasteiger charge is -2.46. The standard InChI is InChI=1S/C30H30N4O7/c1-34(2)20-9-17(13-33-12-15-5-3-14(11-31)4-6-15)25(36)23-19(20)8-16-7-18-10-21(35)24(29(32)40)28(39)30(18,41)27(38)22(16)26(23)37/h3-6,9,16,18,33,36-37,39,41H,7-8,10,12-13H2,1-2H3,(H2,32,40)/t16-,18+,30+/m1/s1. The maximum absolute atomic E-state index is 13.8. The Morgan fingerprint density at radius 1 is 1.15 bits per heavy atom. The number of primary amides is 1. The fraction of sp³-hybridized carbons (Fsp3) is 0.333. The smallest absolute Gasteiger partial charge is 0.255 e. The zero-order valence-corrected chi connectivity index (χ0v) is 22.6. The minimum absolute atomic E-state index is 0.0542. The molecule has 11 heteroatoms. The zero-order valence-electron chi connectivity index (χ0n) is 22.6. The first-order chi connectivity index (χ1) is 19.4. The zero-order chi connectivity index (χ0) is 29.8. The summed E-state index contributed by atoms with van der Waals surface area (Å²) in [7, 11) is 3.63. The monoisotopic (exact) mass is 558 g/mol. The number of nitrogens with zero attached hydrogens (tertiary/aromatic N) is 2. The number of anilines is 1. The number of phenols is 1. The van der Waals surface area contributed by atoms with Crippen molar-refractivity contribution in [2.75, 3.05) is 19.0 Å². The summed E-state index contributed by atoms with van der Waals surface area (Å²) in [4.78, 5) is 40.0. The van der Waals surface area contributed by atoms with E-state index in [0.29, 0.717) is 28.9 Å². The molecule has 41 heavy (non-hydrogen) atoms. The number of carbonyl (C=O) groups excluding carboxylic acids is 3. The molecule has 0 aromatic heterocycles. The molecule has 0 bridgehead atoms. The van der Waals surface area contributed by atoms with Crippen molar-refractivity contribution >= 4 is 28.9 Å². The average Bonchev–Trinajstić information content (AvgIpc) is 2.91. The number of nitrogens with two attached hydrogens (primary N) is 1. The molecule has 5 rings (SSSR count). The van der Waals surface area contributed by atoms with E-state index in [1.807, 2.05) is 31.1 Å². The maximum Gasteiger partial charge on any atom is 0.255 e. The Labute approximate surface area is 235 Å². The van der Waals surface area contributed by atoms with Gasteiger partial charge < -0.3 is 36.4 Å². The van der Waals surface area contributed by atoms with Gasteiger partial charge in [0.15, 0.2) is 11.4 Å². The van der Waals surface area contributed by atoms with Crippen LogP contribution in [0.5, 0.6) is 5.75 Å². The molecule has 0 aliphatic heterocycles. The summed E-state index contributed by atoms with van der Waals surface area (Å²) in [5, 5.41) is 57.2. The van der Waals surface area contributed by atoms with Gasteiger partial charge in [0.05, 0.1) is 17.2 Å². The first-order valence-electron chi connectivity index (χ1n) is 13.1. The molecule has 0 spiro atoms. The van der Waals surface area contributed by atoms with Crippen molar-refractivity contribution in [3.63, 3.8) is 0 Å². The summed E-state index contributed by atoms with van der Waals surface area (Å²) in [5.41, 5.74) is 4.94. The first kappa shape index (κ1) is 27.9. The van der Waals surface area contributed by atoms with Crippen molar-refractivity contribution in [2.24, 2.45) is 17.6 Å². The van der Waals surface area contributed by atoms with Gasteiger partial charge in [0.1, 0.15) is 22.8 Å². The minimum Gasteiger partial charge on any atom is -0.508 e. The molecule has 0 radical (unpaired) electrons. The van der Waals surface area contributed by atoms with E-state index in [4.69, 9.17) is 11.0 Å². The molecule has 3 atom stereocenters. The van der Waals surface area contributed by atoms with Crippen LogP contribution in [-0.4, -0.2) is 57.6 Å². The van der Waals surface area contributed by atoms with Crippen LogP contribution in [0.1, 0.15) is 40.7 Å². The number of aliphatic hydroxyl groups excluding tert-OH is 2. The van der Waals surface area contributed by atoms with Gasteiger partial charge in [-0.15, -0.1) is 0 Å². The van der Waals surface area contributed by atoms with Gasteiger partial charge in [-0.25, -0.2) is 0 Å². The number of nitriles is 1. The Kier molecular flexibility index (Phi) is 6.85. The number of ketones is 2. The van der Waals surface area contributed by atoms with E-state index in [9.17, 15) is 34.8 Å². The molecule has 1 saturated carbocycles. The van der Waals surface area contributed by atoms with E-state index in [-0.39, 0.29) is 42.7 Å². The summed E-state index contributed by atoms with van der Waals surface area (Å²) >= 11 is 0. The number of carbonyl (C=O) groups is 3. The van der Waals surface area contributed by atoms with E-state index in [1.165, 1.54) is 0 Å². The molecule has 3 aliphatic rings. The quantitative estimate of drug-likeness (QED) is 0.284. The van der Waals surface area contributed by atoms with Crippen molar-refractivity contribution in [2.45, 2.75) is 38.0 Å². The summed E-state index contributed by atoms with van der Waals surface area (Å²) in [5.74, 6) is -6.51. The molecule has 0 unspecified atom stereocenters. The van der Waals surface area contributed by atoms with Crippen LogP contribution in [0.4, 0.5) is 5.69 Å². The van der Waals surface area contributed by atoms with E-state index >= 15 is 0 Å². The Balaban J connectivity index is 1.55. The minimum atomic E-state index is -2.60. The number of phenolic OH excluding ortho intramolecular Hbond substituents is 1. The number of rotatable bonds is 6. The Bertz CT molecular complexity index is 1600. The largest absolute Gasteiger partial charge is 0.508 e. The highest BCUT2D eigenvalue weighted by atomic mass is 16.3. The average molecular weight is 559 g/mol. The van der Waals surface area contributed by atoms with Crippen LogP contribution < -0.4 is 16.0 Å². The summed E-state index contributed by atoms with van der Waals surface area (Å²) in [6.07, 6.45) is -0.0591. The van der Waals surface area contributed by atoms with Gasteiger partial charge in [-0.2, -0.15) is 5.26 Å². The van der Waals surface area contributed by atoms with Crippen LogP contribution in [0.15, 0.2) is 47.2 Å². The number of benzene rings is 2. The number of amides is 1. The molecule has 1 fully saturated rings. The lowest BCUT2D eigenvalue weighted by molar-refractivity contribution is -0.147. The third-order valence-electron chi connectivity index (χ3n) is 8.33. The van der Waals surface area contributed by atoms with E-state index in [0.717, 1.165) is 5.56 Å². The third-order valence-corrected chi connectivity index (χ3v) is 8.33. The topological polar surface area (TPSA) is 197 Å². The van der Waals surface area contributed by atoms with Crippen molar-refractivity contribution in [3.05, 3.63) is 75.1 Å². The fourth-order valence-electron chi connectivity index (χ4n) is 6.30. The SMILES string of the molecule is CN(C)c1cc(CNCc2ccc(C#N)cc2)c(O)c2c1C[C@H]1C[C@H]3CC(=O)C(C(N)=O)=C(O)[C@@]3(O)C(=O)C1=C2O. The Hall–Kier alpha value is -4.66. The summed E-state index contributed by atoms with van der Waals surface area (Å²) in [6.45, 7) is 0.647. The van der Waals surface area contributed by atoms with Gasteiger partial charge in [-0.3, -0.25) is 14.4 Å². The Morgan fingerprint density at radius 2 is 1.83 bits per heavy atom. The Morgan fingerprint density at radius 3 is 2.44 bits per heavy atom. The first-order valence-corrected chi connectivity index (χ1v) is 13.1. The maximum atomic E-state index is 13.8. The highest BCUT2D eigenvalue weighted by Gasteiger charge is 2.60. The lowest BCUT2D eigenvalue weighted by atomic mass is 9.59. The van der Waals surface area contributed by atoms with Crippen LogP contribution in [0.2, 0.25) is 0 Å². The number of aromatic hydroxyl groups is 1.